The Morgan fingerprint density at radius 1 is 1.04 bits per heavy atom. The molecule has 1 aliphatic heterocycles. The van der Waals surface area contributed by atoms with Crippen LogP contribution in [0.3, 0.4) is 0 Å². The second-order valence-corrected chi connectivity index (χ2v) is 6.81. The van der Waals surface area contributed by atoms with Gasteiger partial charge in [-0.1, -0.05) is 18.9 Å². The molecule has 0 aliphatic carbocycles. The number of nitrogens with zero attached hydrogens (tertiary/aromatic N) is 2. The number of carbonyl (C=O) groups excluding carboxylic acids is 2. The van der Waals surface area contributed by atoms with Crippen molar-refractivity contribution >= 4 is 11.8 Å². The van der Waals surface area contributed by atoms with Gasteiger partial charge in [-0.05, 0) is 44.0 Å². The van der Waals surface area contributed by atoms with E-state index < -0.39 is 0 Å². The van der Waals surface area contributed by atoms with Crippen molar-refractivity contribution in [2.45, 2.75) is 39.0 Å². The minimum absolute atomic E-state index is 0.00261. The SMILES string of the molecule is COc1cc(C(=O)N2CCN(C(=O)CCCCCCN)CC2)ccc1C. The summed E-state index contributed by atoms with van der Waals surface area (Å²) in [6, 6.07) is 5.52. The van der Waals surface area contributed by atoms with Crippen LogP contribution in [0.1, 0.15) is 48.0 Å². The van der Waals surface area contributed by atoms with E-state index in [1.54, 1.807) is 13.2 Å². The molecular weight excluding hydrogens is 330 g/mol. The van der Waals surface area contributed by atoms with E-state index in [9.17, 15) is 9.59 Å². The highest BCUT2D eigenvalue weighted by atomic mass is 16.5. The van der Waals surface area contributed by atoms with Gasteiger partial charge in [0, 0.05) is 38.2 Å². The maximum atomic E-state index is 12.7. The van der Waals surface area contributed by atoms with Crippen LogP contribution in [0.25, 0.3) is 0 Å². The van der Waals surface area contributed by atoms with Crippen molar-refractivity contribution < 1.29 is 14.3 Å². The standard InChI is InChI=1S/C20H31N3O3/c1-16-8-9-17(15-18(16)26-2)20(25)23-13-11-22(12-14-23)19(24)7-5-3-4-6-10-21/h8-9,15H,3-7,10-14,21H2,1-2H3. The fourth-order valence-electron chi connectivity index (χ4n) is 3.23. The third kappa shape index (κ3) is 5.46. The maximum absolute atomic E-state index is 12.7. The van der Waals surface area contributed by atoms with Crippen molar-refractivity contribution in [3.63, 3.8) is 0 Å². The fraction of sp³-hybridized carbons (Fsp3) is 0.600. The molecule has 2 amide bonds. The zero-order valence-electron chi connectivity index (χ0n) is 16.0. The Bertz CT molecular complexity index is 610. The molecule has 1 aromatic carbocycles. The van der Waals surface area contributed by atoms with Crippen molar-refractivity contribution in [1.29, 1.82) is 0 Å². The maximum Gasteiger partial charge on any atom is 0.254 e. The van der Waals surface area contributed by atoms with Crippen LogP contribution in [0, 0.1) is 6.92 Å². The molecule has 2 N–H and O–H groups in total. The van der Waals surface area contributed by atoms with E-state index in [-0.39, 0.29) is 11.8 Å². The van der Waals surface area contributed by atoms with Crippen LogP contribution in [-0.2, 0) is 4.79 Å². The van der Waals surface area contributed by atoms with Gasteiger partial charge in [-0.2, -0.15) is 0 Å². The lowest BCUT2D eigenvalue weighted by Crippen LogP contribution is -2.50. The van der Waals surface area contributed by atoms with Gasteiger partial charge in [-0.25, -0.2) is 0 Å². The van der Waals surface area contributed by atoms with Gasteiger partial charge in [0.25, 0.3) is 5.91 Å². The molecule has 0 radical (unpaired) electrons. The molecule has 144 valence electrons. The number of carbonyl (C=O) groups is 2. The van der Waals surface area contributed by atoms with Gasteiger partial charge in [0.1, 0.15) is 5.75 Å². The van der Waals surface area contributed by atoms with Gasteiger partial charge >= 0.3 is 0 Å². The molecule has 1 heterocycles. The smallest absolute Gasteiger partial charge is 0.254 e. The second kappa shape index (κ2) is 10.2. The molecule has 6 heteroatoms. The molecule has 26 heavy (non-hydrogen) atoms. The Balaban J connectivity index is 1.80. The van der Waals surface area contributed by atoms with Gasteiger partial charge in [-0.3, -0.25) is 9.59 Å². The normalized spacial score (nSPS) is 14.4. The summed E-state index contributed by atoms with van der Waals surface area (Å²) in [6.45, 7) is 5.04. The van der Waals surface area contributed by atoms with Crippen LogP contribution in [0.2, 0.25) is 0 Å². The lowest BCUT2D eigenvalue weighted by molar-refractivity contribution is -0.132. The minimum atomic E-state index is -0.00261. The first-order valence-electron chi connectivity index (χ1n) is 9.48. The largest absolute Gasteiger partial charge is 0.496 e. The van der Waals surface area contributed by atoms with Gasteiger partial charge in [-0.15, -0.1) is 0 Å². The average Bonchev–Trinajstić information content (AvgIpc) is 2.67. The van der Waals surface area contributed by atoms with Crippen LogP contribution in [-0.4, -0.2) is 61.4 Å². The first-order chi connectivity index (χ1) is 12.6. The van der Waals surface area contributed by atoms with E-state index in [4.69, 9.17) is 10.5 Å². The van der Waals surface area contributed by atoms with Crippen molar-refractivity contribution in [2.24, 2.45) is 5.73 Å². The number of unbranched alkanes of at least 4 members (excludes halogenated alkanes) is 3. The molecule has 0 spiro atoms. The fourth-order valence-corrected chi connectivity index (χ4v) is 3.23. The number of rotatable bonds is 8. The van der Waals surface area contributed by atoms with Crippen LogP contribution in [0.5, 0.6) is 5.75 Å². The van der Waals surface area contributed by atoms with Crippen LogP contribution in [0.15, 0.2) is 18.2 Å². The third-order valence-corrected chi connectivity index (χ3v) is 4.92. The summed E-state index contributed by atoms with van der Waals surface area (Å²) < 4.78 is 5.30. The third-order valence-electron chi connectivity index (χ3n) is 4.92. The summed E-state index contributed by atoms with van der Waals surface area (Å²) in [5.74, 6) is 0.915. The van der Waals surface area contributed by atoms with Gasteiger partial charge in [0.05, 0.1) is 7.11 Å². The number of benzene rings is 1. The molecule has 1 fully saturated rings. The van der Waals surface area contributed by atoms with E-state index in [0.29, 0.717) is 38.2 Å². The van der Waals surface area contributed by atoms with Gasteiger partial charge < -0.3 is 20.3 Å². The van der Waals surface area contributed by atoms with E-state index >= 15 is 0 Å². The monoisotopic (exact) mass is 361 g/mol. The first kappa shape index (κ1) is 20.2. The van der Waals surface area contributed by atoms with E-state index in [0.717, 1.165) is 43.5 Å². The quantitative estimate of drug-likeness (QED) is 0.720. The van der Waals surface area contributed by atoms with Crippen molar-refractivity contribution in [2.75, 3.05) is 39.8 Å². The van der Waals surface area contributed by atoms with Crippen LogP contribution in [0.4, 0.5) is 0 Å². The highest BCUT2D eigenvalue weighted by molar-refractivity contribution is 5.95. The summed E-state index contributed by atoms with van der Waals surface area (Å²) in [5.41, 5.74) is 7.11. The Morgan fingerprint density at radius 2 is 1.69 bits per heavy atom. The molecule has 0 atom stereocenters. The zero-order valence-corrected chi connectivity index (χ0v) is 16.0. The lowest BCUT2D eigenvalue weighted by atomic mass is 10.1. The second-order valence-electron chi connectivity index (χ2n) is 6.81. The number of piperazine rings is 1. The van der Waals surface area contributed by atoms with E-state index in [2.05, 4.69) is 0 Å². The number of hydrogen-bond donors (Lipinski definition) is 1. The van der Waals surface area contributed by atoms with Crippen molar-refractivity contribution in [1.82, 2.24) is 9.80 Å². The Labute approximate surface area is 156 Å². The predicted octanol–water partition coefficient (Wildman–Crippen LogP) is 2.20. The first-order valence-corrected chi connectivity index (χ1v) is 9.48. The number of methoxy groups -OCH3 is 1. The minimum Gasteiger partial charge on any atom is -0.496 e. The highest BCUT2D eigenvalue weighted by Gasteiger charge is 2.24. The molecule has 2 rings (SSSR count). The number of amides is 2. The Hall–Kier alpha value is -2.08. The molecule has 1 aliphatic rings. The molecule has 0 bridgehead atoms. The summed E-state index contributed by atoms with van der Waals surface area (Å²) in [4.78, 5) is 28.7. The predicted molar refractivity (Wildman–Crippen MR) is 102 cm³/mol. The Kier molecular flexibility index (Phi) is 7.91. The number of aryl methyl sites for hydroxylation is 1. The molecule has 0 unspecified atom stereocenters. The number of hydrogen-bond acceptors (Lipinski definition) is 4. The molecule has 6 nitrogen and oxygen atoms in total. The van der Waals surface area contributed by atoms with E-state index in [1.807, 2.05) is 28.9 Å². The number of ether oxygens (including phenoxy) is 1. The summed E-state index contributed by atoms with van der Waals surface area (Å²) in [6.07, 6.45) is 4.68. The van der Waals surface area contributed by atoms with Gasteiger partial charge in [0.15, 0.2) is 0 Å². The summed E-state index contributed by atoms with van der Waals surface area (Å²) >= 11 is 0. The molecular formula is C20H31N3O3. The Morgan fingerprint density at radius 3 is 2.35 bits per heavy atom. The molecule has 1 saturated heterocycles. The van der Waals surface area contributed by atoms with Crippen molar-refractivity contribution in [3.8, 4) is 5.75 Å². The lowest BCUT2D eigenvalue weighted by Gasteiger charge is -2.35. The van der Waals surface area contributed by atoms with Crippen molar-refractivity contribution in [3.05, 3.63) is 29.3 Å². The summed E-state index contributed by atoms with van der Waals surface area (Å²) in [7, 11) is 1.61. The summed E-state index contributed by atoms with van der Waals surface area (Å²) in [5, 5.41) is 0. The van der Waals surface area contributed by atoms with Crippen LogP contribution >= 0.6 is 0 Å². The zero-order chi connectivity index (χ0) is 18.9. The molecule has 0 aromatic heterocycles. The molecule has 1 aromatic rings. The van der Waals surface area contributed by atoms with E-state index in [1.165, 1.54) is 0 Å². The average molecular weight is 361 g/mol. The molecule has 0 saturated carbocycles. The topological polar surface area (TPSA) is 75.9 Å². The highest BCUT2D eigenvalue weighted by Crippen LogP contribution is 2.20. The number of nitrogens with two attached hydrogens (primary N) is 1. The van der Waals surface area contributed by atoms with Crippen LogP contribution < -0.4 is 10.5 Å². The van der Waals surface area contributed by atoms with Gasteiger partial charge in [0.2, 0.25) is 5.91 Å².